The number of fused-ring (bicyclic) bond motifs is 3. The molecule has 151 valence electrons. The van der Waals surface area contributed by atoms with Gasteiger partial charge >= 0.3 is 179 Å². The third kappa shape index (κ3) is 5.17. The van der Waals surface area contributed by atoms with Crippen LogP contribution in [0.5, 0.6) is 0 Å². The molecule has 2 aliphatic carbocycles. The minimum Gasteiger partial charge on any atom is -1.00 e. The number of ether oxygens (including phenoxy) is 1. The number of benzene rings is 2. The van der Waals surface area contributed by atoms with Gasteiger partial charge in [-0.2, -0.15) is 0 Å². The van der Waals surface area contributed by atoms with E-state index in [-0.39, 0.29) is 24.8 Å². The van der Waals surface area contributed by atoms with Gasteiger partial charge in [-0.05, 0) is 0 Å². The number of hydrogen-bond donors (Lipinski definition) is 0. The van der Waals surface area contributed by atoms with Gasteiger partial charge in [0.15, 0.2) is 0 Å². The third-order valence-electron chi connectivity index (χ3n) is 5.05. The van der Waals surface area contributed by atoms with Crippen molar-refractivity contribution in [2.75, 3.05) is 13.2 Å². The van der Waals surface area contributed by atoms with Gasteiger partial charge in [-0.25, -0.2) is 0 Å². The zero-order valence-electron chi connectivity index (χ0n) is 17.0. The van der Waals surface area contributed by atoms with Gasteiger partial charge in [0.2, 0.25) is 0 Å². The molecule has 6 heteroatoms. The van der Waals surface area contributed by atoms with Crippen LogP contribution in [0.15, 0.2) is 60.4 Å². The molecule has 2 nitrogen and oxygen atoms in total. The first-order valence-corrected chi connectivity index (χ1v) is 14.4. The molecule has 0 radical (unpaired) electrons. The summed E-state index contributed by atoms with van der Waals surface area (Å²) < 4.78 is 12.6. The van der Waals surface area contributed by atoms with Crippen LogP contribution in [0.4, 0.5) is 0 Å². The first-order valence-electron chi connectivity index (χ1n) is 9.56. The molecule has 1 unspecified atom stereocenters. The maximum atomic E-state index is 6.13. The standard InChI is InChI=1S/C23H25O2Si.2ClH.Zr/c1-26(2,3)25-15-14-24-23-13-7-12-21(23)20-11-6-10-19-18-9-5-4-8-17(18)16-22(19)20;;;/h4-11,13,16H,12,14-15H2,1-3H3;2*1H;/q;;;+2/p-2. The molecule has 4 rings (SSSR count). The third-order valence-corrected chi connectivity index (χ3v) is 7.59. The summed E-state index contributed by atoms with van der Waals surface area (Å²) in [6, 6.07) is 15.6. The summed E-state index contributed by atoms with van der Waals surface area (Å²) in [7, 11) is -1.49. The quantitative estimate of drug-likeness (QED) is 0.388. The second kappa shape index (κ2) is 10.1. The normalized spacial score (nSPS) is 16.8. The number of allylic oxidation sites excluding steroid dienone is 3. The van der Waals surface area contributed by atoms with E-state index in [9.17, 15) is 0 Å². The van der Waals surface area contributed by atoms with Gasteiger partial charge < -0.3 is 24.8 Å². The van der Waals surface area contributed by atoms with Crippen molar-refractivity contribution in [3.05, 3.63) is 77.1 Å². The second-order valence-electron chi connectivity index (χ2n) is 8.05. The van der Waals surface area contributed by atoms with Crippen LogP contribution >= 0.6 is 0 Å². The molecule has 0 saturated heterocycles. The van der Waals surface area contributed by atoms with Gasteiger partial charge in [0.1, 0.15) is 0 Å². The van der Waals surface area contributed by atoms with Gasteiger partial charge in [0.25, 0.3) is 0 Å². The minimum absolute atomic E-state index is 0. The van der Waals surface area contributed by atoms with E-state index in [2.05, 4.69) is 74.3 Å². The van der Waals surface area contributed by atoms with Crippen LogP contribution in [0.3, 0.4) is 0 Å². The molecular weight excluding hydrogens is 498 g/mol. The molecule has 0 aromatic heterocycles. The average molecular weight is 524 g/mol. The minimum atomic E-state index is -1.49. The monoisotopic (exact) mass is 521 g/mol. The fraction of sp³-hybridized carbons (Fsp3) is 0.304. The Kier molecular flexibility index (Phi) is 8.59. The van der Waals surface area contributed by atoms with Crippen LogP contribution in [-0.4, -0.2) is 21.5 Å². The summed E-state index contributed by atoms with van der Waals surface area (Å²) in [6.45, 7) is 7.91. The second-order valence-corrected chi connectivity index (χ2v) is 14.0. The zero-order valence-corrected chi connectivity index (χ0v) is 21.9. The van der Waals surface area contributed by atoms with Crippen LogP contribution in [0.2, 0.25) is 19.6 Å². The maximum Gasteiger partial charge on any atom is -1.00 e. The Morgan fingerprint density at radius 2 is 1.62 bits per heavy atom. The first-order chi connectivity index (χ1) is 13.0. The van der Waals surface area contributed by atoms with Crippen LogP contribution in [0, 0.1) is 0 Å². The Hall–Kier alpha value is -0.640. The van der Waals surface area contributed by atoms with Crippen molar-refractivity contribution in [3.63, 3.8) is 0 Å². The summed E-state index contributed by atoms with van der Waals surface area (Å²) in [6.07, 6.45) is 5.28. The SMILES string of the molecule is C[Si](C)(C)OCCOC1=C(c2cccc3c2[CH]([Zr+2])c2ccccc2-3)CC=C1.[Cl-].[Cl-]. The Morgan fingerprint density at radius 1 is 0.931 bits per heavy atom. The van der Waals surface area contributed by atoms with Crippen molar-refractivity contribution in [3.8, 4) is 11.1 Å². The number of halogens is 2. The molecule has 0 amide bonds. The molecule has 0 N–H and O–H groups in total. The van der Waals surface area contributed by atoms with Gasteiger partial charge in [0, 0.05) is 0 Å². The smallest absolute Gasteiger partial charge is 1.00 e. The van der Waals surface area contributed by atoms with E-state index in [1.54, 1.807) is 24.7 Å². The molecule has 0 heterocycles. The fourth-order valence-electron chi connectivity index (χ4n) is 3.89. The summed E-state index contributed by atoms with van der Waals surface area (Å²) in [5.41, 5.74) is 8.42. The number of rotatable bonds is 6. The van der Waals surface area contributed by atoms with Crippen molar-refractivity contribution in [2.24, 2.45) is 0 Å². The van der Waals surface area contributed by atoms with Crippen LogP contribution in [-0.2, 0) is 33.9 Å². The molecule has 2 aromatic rings. The summed E-state index contributed by atoms with van der Waals surface area (Å²) in [5, 5.41) is 0. The largest absolute Gasteiger partial charge is 1.00 e. The van der Waals surface area contributed by atoms with Crippen LogP contribution < -0.4 is 24.8 Å². The molecule has 2 aromatic carbocycles. The molecular formula is C23H25Cl2O2SiZr. The van der Waals surface area contributed by atoms with Crippen LogP contribution in [0.1, 0.15) is 26.7 Å². The van der Waals surface area contributed by atoms with E-state index >= 15 is 0 Å². The van der Waals surface area contributed by atoms with Crippen molar-refractivity contribution >= 4 is 13.9 Å². The topological polar surface area (TPSA) is 18.5 Å². The molecule has 2 aliphatic rings. The van der Waals surface area contributed by atoms with E-state index in [0.717, 1.165) is 12.2 Å². The average Bonchev–Trinajstić information content (AvgIpc) is 3.22. The predicted octanol–water partition coefficient (Wildman–Crippen LogP) is -0.150. The fourth-order valence-corrected chi connectivity index (χ4v) is 5.97. The van der Waals surface area contributed by atoms with Gasteiger partial charge in [-0.3, -0.25) is 0 Å². The first kappa shape index (κ1) is 24.6. The van der Waals surface area contributed by atoms with Crippen molar-refractivity contribution in [2.45, 2.75) is 29.7 Å². The van der Waals surface area contributed by atoms with E-state index in [1.165, 1.54) is 33.4 Å². The Bertz CT molecular complexity index is 935. The maximum absolute atomic E-state index is 6.13. The zero-order chi connectivity index (χ0) is 19.0. The van der Waals surface area contributed by atoms with E-state index in [1.807, 2.05) is 0 Å². The van der Waals surface area contributed by atoms with E-state index in [0.29, 0.717) is 16.8 Å². The Balaban J connectivity index is 0.00000150. The molecule has 1 atom stereocenters. The van der Waals surface area contributed by atoms with Gasteiger partial charge in [-0.1, -0.05) is 0 Å². The van der Waals surface area contributed by atoms with Gasteiger partial charge in [-0.15, -0.1) is 0 Å². The Morgan fingerprint density at radius 3 is 2.38 bits per heavy atom. The molecule has 0 fully saturated rings. The van der Waals surface area contributed by atoms with Crippen molar-refractivity contribution in [1.82, 2.24) is 0 Å². The molecule has 29 heavy (non-hydrogen) atoms. The molecule has 0 bridgehead atoms. The molecule has 0 aliphatic heterocycles. The molecule has 0 spiro atoms. The van der Waals surface area contributed by atoms with Crippen LogP contribution in [0.25, 0.3) is 16.7 Å². The Labute approximate surface area is 202 Å². The predicted molar refractivity (Wildman–Crippen MR) is 110 cm³/mol. The number of hydrogen-bond acceptors (Lipinski definition) is 2. The van der Waals surface area contributed by atoms with Crippen molar-refractivity contribution in [1.29, 1.82) is 0 Å². The van der Waals surface area contributed by atoms with E-state index in [4.69, 9.17) is 9.16 Å². The summed E-state index contributed by atoms with van der Waals surface area (Å²) in [4.78, 5) is 0. The summed E-state index contributed by atoms with van der Waals surface area (Å²) >= 11 is 1.54. The summed E-state index contributed by atoms with van der Waals surface area (Å²) in [5.74, 6) is 1.02. The van der Waals surface area contributed by atoms with E-state index < -0.39 is 8.32 Å². The van der Waals surface area contributed by atoms with Crippen molar-refractivity contribution < 1.29 is 58.7 Å². The molecule has 0 saturated carbocycles. The van der Waals surface area contributed by atoms with Gasteiger partial charge in [0.05, 0.1) is 0 Å².